The molecule has 0 spiro atoms. The SMILES string of the molecule is [B]P([B])O[C@@H]1C(N=[N+]=[N-])[C@@H](OC2C(C)O[C@H](O[C@@H]3C(COS(=O)(=O)NCc4ccccc4)O[C@H](OC4C(C)O[C@@H](C)C(C)[C@@H]4OCc4ccccc4)C(N=[N+]=[N-])[C@H]3OP([B])[B])C(C)[C@@H]2OCc2ccccc2)OC(COS(=O)(=O)NCc2ccccc2)[C@H]1OC. The van der Waals surface area contributed by atoms with Crippen LogP contribution >= 0.6 is 15.8 Å². The molecule has 90 heavy (non-hydrogen) atoms. The third-order valence-electron chi connectivity index (χ3n) is 15.7. The Bertz CT molecular complexity index is 3180. The van der Waals surface area contributed by atoms with Crippen molar-refractivity contribution in [1.29, 1.82) is 0 Å². The molecule has 8 rings (SSSR count). The zero-order valence-electron chi connectivity index (χ0n) is 50.4. The summed E-state index contributed by atoms with van der Waals surface area (Å²) < 4.78 is 149. The molecular formula is C56H72B4N8O18P2S2. The van der Waals surface area contributed by atoms with Crippen molar-refractivity contribution in [1.82, 2.24) is 9.44 Å². The first-order valence-electron chi connectivity index (χ1n) is 29.0. The Balaban J connectivity index is 1.12. The lowest BCUT2D eigenvalue weighted by atomic mass is 9.88. The molecule has 2 N–H and O–H groups in total. The largest absolute Gasteiger partial charge is 0.376 e. The van der Waals surface area contributed by atoms with E-state index >= 15 is 0 Å². The third-order valence-corrected chi connectivity index (χ3v) is 18.6. The van der Waals surface area contributed by atoms with E-state index in [2.05, 4.69) is 29.5 Å². The molecular weight excluding hydrogens is 1240 g/mol. The highest BCUT2D eigenvalue weighted by molar-refractivity contribution is 7.98. The second-order valence-electron chi connectivity index (χ2n) is 21.9. The minimum Gasteiger partial charge on any atom is -0.376 e. The van der Waals surface area contributed by atoms with Crippen LogP contribution in [-0.4, -0.2) is 178 Å². The van der Waals surface area contributed by atoms with Gasteiger partial charge in [0.05, 0.1) is 56.9 Å². The average molecular weight is 1310 g/mol. The van der Waals surface area contributed by atoms with Crippen LogP contribution in [-0.2, 0) is 112 Å². The number of ether oxygens (including phenoxy) is 10. The summed E-state index contributed by atoms with van der Waals surface area (Å²) in [5.74, 6) is -1.15. The molecule has 0 aromatic heterocycles. The molecule has 8 radical (unpaired) electrons. The summed E-state index contributed by atoms with van der Waals surface area (Å²) >= 11 is 0. The Morgan fingerprint density at radius 1 is 0.478 bits per heavy atom. The molecule has 4 aliphatic heterocycles. The first-order valence-corrected chi connectivity index (χ1v) is 34.6. The Kier molecular flexibility index (Phi) is 27.4. The van der Waals surface area contributed by atoms with Crippen molar-refractivity contribution in [3.05, 3.63) is 164 Å². The maximum absolute atomic E-state index is 13.8. The van der Waals surface area contributed by atoms with Gasteiger partial charge in [-0.2, -0.15) is 26.3 Å². The lowest BCUT2D eigenvalue weighted by molar-refractivity contribution is -0.361. The Labute approximate surface area is 533 Å². The second kappa shape index (κ2) is 34.3. The topological polar surface area (TPSA) is 319 Å². The summed E-state index contributed by atoms with van der Waals surface area (Å²) in [5, 5.41) is 8.16. The molecule has 0 saturated carbocycles. The molecule has 20 atom stereocenters. The van der Waals surface area contributed by atoms with E-state index in [0.29, 0.717) is 11.1 Å². The van der Waals surface area contributed by atoms with E-state index in [-0.39, 0.29) is 38.3 Å². The van der Waals surface area contributed by atoms with Crippen LogP contribution in [0.15, 0.2) is 132 Å². The van der Waals surface area contributed by atoms with Gasteiger partial charge >= 0.3 is 20.6 Å². The fourth-order valence-corrected chi connectivity index (χ4v) is 13.6. The van der Waals surface area contributed by atoms with Crippen LogP contribution in [0.1, 0.15) is 56.9 Å². The maximum Gasteiger partial charge on any atom is 0.336 e. The summed E-state index contributed by atoms with van der Waals surface area (Å²) in [4.78, 5) is 6.25. The smallest absolute Gasteiger partial charge is 0.336 e. The maximum atomic E-state index is 13.8. The molecule has 0 amide bonds. The Hall–Kier alpha value is -4.12. The van der Waals surface area contributed by atoms with Crippen LogP contribution in [0, 0.1) is 11.8 Å². The normalized spacial score (nSPS) is 32.4. The van der Waals surface area contributed by atoms with Gasteiger partial charge < -0.3 is 56.4 Å². The second-order valence-corrected chi connectivity index (χ2v) is 26.7. The van der Waals surface area contributed by atoms with Gasteiger partial charge in [0.1, 0.15) is 91.2 Å². The average Bonchev–Trinajstić information content (AvgIpc) is 0.843. The lowest BCUT2D eigenvalue weighted by Crippen LogP contribution is -2.65. The van der Waals surface area contributed by atoms with Gasteiger partial charge in [-0.25, -0.2) is 0 Å². The molecule has 10 unspecified atom stereocenters. The number of hydrogen-bond acceptors (Lipinski definition) is 20. The first kappa shape index (κ1) is 71.7. The van der Waals surface area contributed by atoms with Crippen molar-refractivity contribution in [3.8, 4) is 0 Å². The van der Waals surface area contributed by atoms with Crippen molar-refractivity contribution in [3.63, 3.8) is 0 Å². The highest BCUT2D eigenvalue weighted by atomic mass is 32.2. The van der Waals surface area contributed by atoms with Gasteiger partial charge in [-0.3, -0.25) is 8.37 Å². The molecule has 478 valence electrons. The lowest BCUT2D eigenvalue weighted by Gasteiger charge is -2.51. The van der Waals surface area contributed by atoms with Crippen LogP contribution in [0.4, 0.5) is 0 Å². The molecule has 4 aliphatic rings. The van der Waals surface area contributed by atoms with Crippen molar-refractivity contribution in [2.24, 2.45) is 22.1 Å². The van der Waals surface area contributed by atoms with Gasteiger partial charge in [0.25, 0.3) is 0 Å². The summed E-state index contributed by atoms with van der Waals surface area (Å²) in [7, 11) is 12.5. The number of methoxy groups -OCH3 is 1. The molecule has 4 aromatic rings. The highest BCUT2D eigenvalue weighted by Crippen LogP contribution is 2.43. The third kappa shape index (κ3) is 20.0. The minimum atomic E-state index is -4.56. The number of benzene rings is 4. The zero-order valence-corrected chi connectivity index (χ0v) is 53.8. The van der Waals surface area contributed by atoms with Crippen LogP contribution in [0.5, 0.6) is 0 Å². The summed E-state index contributed by atoms with van der Waals surface area (Å²) in [5.41, 5.74) is 23.3. The molecule has 0 aliphatic carbocycles. The quantitative estimate of drug-likeness (QED) is 0.0169. The van der Waals surface area contributed by atoms with Crippen LogP contribution in [0.2, 0.25) is 0 Å². The van der Waals surface area contributed by atoms with Crippen LogP contribution in [0.3, 0.4) is 0 Å². The van der Waals surface area contributed by atoms with Crippen molar-refractivity contribution < 1.29 is 81.6 Å². The Morgan fingerprint density at radius 3 is 1.27 bits per heavy atom. The molecule has 0 bridgehead atoms. The molecule has 4 fully saturated rings. The van der Waals surface area contributed by atoms with Crippen molar-refractivity contribution in [2.75, 3.05) is 20.3 Å². The summed E-state index contributed by atoms with van der Waals surface area (Å²) in [6.07, 6.45) is -18.5. The molecule has 34 heteroatoms. The van der Waals surface area contributed by atoms with Crippen LogP contribution < -0.4 is 9.44 Å². The number of hydrogen-bond donors (Lipinski definition) is 2. The monoisotopic (exact) mass is 1310 g/mol. The van der Waals surface area contributed by atoms with E-state index < -0.39 is 160 Å². The number of rotatable bonds is 31. The molecule has 26 nitrogen and oxygen atoms in total. The first-order chi connectivity index (χ1) is 43.2. The van der Waals surface area contributed by atoms with E-state index in [1.54, 1.807) is 81.4 Å². The predicted octanol–water partition coefficient (Wildman–Crippen LogP) is 6.96. The van der Waals surface area contributed by atoms with E-state index in [9.17, 15) is 27.9 Å². The molecule has 4 saturated heterocycles. The van der Waals surface area contributed by atoms with Gasteiger partial charge in [-0.1, -0.05) is 161 Å². The van der Waals surface area contributed by atoms with Gasteiger partial charge in [0, 0.05) is 41.9 Å². The number of nitrogens with zero attached hydrogens (tertiary/aromatic N) is 6. The fourth-order valence-electron chi connectivity index (χ4n) is 11.1. The van der Waals surface area contributed by atoms with Gasteiger partial charge in [0.2, 0.25) is 0 Å². The van der Waals surface area contributed by atoms with E-state index in [0.717, 1.165) is 11.1 Å². The van der Waals surface area contributed by atoms with Crippen molar-refractivity contribution >= 4 is 66.7 Å². The van der Waals surface area contributed by atoms with E-state index in [4.69, 9.17) is 95.0 Å². The van der Waals surface area contributed by atoms with Gasteiger partial charge in [-0.15, -0.1) is 0 Å². The standard InChI is InChI=1S/C56H72B4N8O18P2S2/c1-33-35(3)78-36(4)48(46(33)74-29-40-23-15-9-16-24-40)82-56-45(66-68-62)53(86-88(59)60)51(43(81-56)32-77-90(71,72)64-28-39-21-13-8-14-22-39)84-54-34(2)47(75-30-41-25-17-10-18-26-41)49(37(5)79-54)83-55-44(65-67-61)52(85-87(57)58)50(73-6)42(80-55)31-76-89(69,70)63-27-38-19-11-7-12-20-38/h7-26,33-37,42-56,63-64H,27-32H2,1-6H3/t33?,34?,35-,36?,37?,42?,43?,44?,45?,46-,47-,48?,49?,50+,51+,52+,53+,54+,55+,56+/m0/s1. The van der Waals surface area contributed by atoms with Gasteiger partial charge in [-0.05, 0) is 54.1 Å². The molecule has 4 heterocycles. The minimum absolute atomic E-state index is 0.00513. The number of nitrogens with one attached hydrogen (secondary N) is 2. The van der Waals surface area contributed by atoms with Crippen LogP contribution in [0.25, 0.3) is 20.9 Å². The zero-order chi connectivity index (χ0) is 64.5. The predicted molar refractivity (Wildman–Crippen MR) is 334 cm³/mol. The summed E-state index contributed by atoms with van der Waals surface area (Å²) in [6.45, 7) is 7.62. The molecule has 4 aromatic carbocycles. The van der Waals surface area contributed by atoms with E-state index in [1.807, 2.05) is 74.5 Å². The Morgan fingerprint density at radius 2 is 0.856 bits per heavy atom. The van der Waals surface area contributed by atoms with Gasteiger partial charge in [0.15, 0.2) is 18.9 Å². The van der Waals surface area contributed by atoms with E-state index in [1.165, 1.54) is 7.11 Å². The van der Waals surface area contributed by atoms with Crippen molar-refractivity contribution in [2.45, 2.75) is 171 Å². The highest BCUT2D eigenvalue weighted by Gasteiger charge is 2.56. The number of azide groups is 2. The summed E-state index contributed by atoms with van der Waals surface area (Å²) in [6, 6.07) is 33.4. The fraction of sp³-hybridized carbons (Fsp3) is 0.571.